The standard InChI is InChI=1S/C14H18N2O3/c1-15-10(17)6-7-16-13(18)11-8-2-3-9(5-4-8)12(11)14(16)19/h2-3,8-9,11-12H,4-7H2,1H3,(H,15,17)/t8-,9-,11+,12+/m0/s1. The Morgan fingerprint density at radius 2 is 1.74 bits per heavy atom. The molecule has 2 bridgehead atoms. The largest absolute Gasteiger partial charge is 0.359 e. The van der Waals surface area contributed by atoms with Crippen LogP contribution in [0.5, 0.6) is 0 Å². The molecule has 3 aliphatic carbocycles. The van der Waals surface area contributed by atoms with Gasteiger partial charge in [0.25, 0.3) is 0 Å². The van der Waals surface area contributed by atoms with Crippen molar-refractivity contribution < 1.29 is 14.4 Å². The molecule has 0 radical (unpaired) electrons. The molecule has 0 unspecified atom stereocenters. The molecule has 5 heteroatoms. The minimum absolute atomic E-state index is 0.0713. The zero-order valence-electron chi connectivity index (χ0n) is 11.0. The van der Waals surface area contributed by atoms with Gasteiger partial charge in [-0.3, -0.25) is 19.3 Å². The predicted molar refractivity (Wildman–Crippen MR) is 67.7 cm³/mol. The zero-order chi connectivity index (χ0) is 13.6. The van der Waals surface area contributed by atoms with Crippen LogP contribution in [0.25, 0.3) is 0 Å². The fraction of sp³-hybridized carbons (Fsp3) is 0.643. The Labute approximate surface area is 112 Å². The predicted octanol–water partition coefficient (Wildman–Crippen LogP) is 0.320. The lowest BCUT2D eigenvalue weighted by Gasteiger charge is -2.38. The van der Waals surface area contributed by atoms with Crippen molar-refractivity contribution in [1.29, 1.82) is 0 Å². The van der Waals surface area contributed by atoms with E-state index in [-0.39, 0.29) is 54.4 Å². The molecule has 1 saturated carbocycles. The highest BCUT2D eigenvalue weighted by Crippen LogP contribution is 2.49. The second-order valence-corrected chi connectivity index (χ2v) is 5.59. The van der Waals surface area contributed by atoms with Crippen LogP contribution in [0.3, 0.4) is 0 Å². The van der Waals surface area contributed by atoms with E-state index in [1.54, 1.807) is 7.05 Å². The van der Waals surface area contributed by atoms with Gasteiger partial charge in [-0.2, -0.15) is 0 Å². The number of rotatable bonds is 3. The molecule has 0 aromatic rings. The summed E-state index contributed by atoms with van der Waals surface area (Å²) in [4.78, 5) is 37.3. The molecular formula is C14H18N2O3. The van der Waals surface area contributed by atoms with E-state index in [1.165, 1.54) is 4.90 Å². The average molecular weight is 262 g/mol. The van der Waals surface area contributed by atoms with Crippen LogP contribution in [0.15, 0.2) is 12.2 Å². The van der Waals surface area contributed by atoms with E-state index in [4.69, 9.17) is 0 Å². The van der Waals surface area contributed by atoms with Gasteiger partial charge in [-0.1, -0.05) is 12.2 Å². The topological polar surface area (TPSA) is 66.5 Å². The summed E-state index contributed by atoms with van der Waals surface area (Å²) >= 11 is 0. The van der Waals surface area contributed by atoms with Crippen LogP contribution >= 0.6 is 0 Å². The lowest BCUT2D eigenvalue weighted by molar-refractivity contribution is -0.140. The van der Waals surface area contributed by atoms with Gasteiger partial charge in [-0.25, -0.2) is 0 Å². The summed E-state index contributed by atoms with van der Waals surface area (Å²) in [5.41, 5.74) is 0. The van der Waals surface area contributed by atoms with Gasteiger partial charge in [-0.15, -0.1) is 0 Å². The van der Waals surface area contributed by atoms with Gasteiger partial charge in [0.1, 0.15) is 0 Å². The number of allylic oxidation sites excluding steroid dienone is 2. The van der Waals surface area contributed by atoms with Crippen LogP contribution in [0.4, 0.5) is 0 Å². The van der Waals surface area contributed by atoms with Crippen LogP contribution < -0.4 is 5.32 Å². The van der Waals surface area contributed by atoms with Gasteiger partial charge < -0.3 is 5.32 Å². The lowest BCUT2D eigenvalue weighted by atomic mass is 9.63. The second kappa shape index (κ2) is 4.47. The van der Waals surface area contributed by atoms with Crippen molar-refractivity contribution in [1.82, 2.24) is 10.2 Å². The van der Waals surface area contributed by atoms with Crippen molar-refractivity contribution in [3.63, 3.8) is 0 Å². The average Bonchev–Trinajstić information content (AvgIpc) is 2.72. The number of fused-ring (bicyclic) bond motifs is 1. The summed E-state index contributed by atoms with van der Waals surface area (Å²) in [6, 6.07) is 0. The molecule has 1 aliphatic heterocycles. The van der Waals surface area contributed by atoms with Gasteiger partial charge in [0.05, 0.1) is 11.8 Å². The third kappa shape index (κ3) is 1.79. The van der Waals surface area contributed by atoms with Crippen LogP contribution in [0, 0.1) is 23.7 Å². The Bertz CT molecular complexity index is 439. The number of likely N-dealkylation sites (tertiary alicyclic amines) is 1. The summed E-state index contributed by atoms with van der Waals surface area (Å²) in [6.45, 7) is 0.212. The van der Waals surface area contributed by atoms with E-state index >= 15 is 0 Å². The van der Waals surface area contributed by atoms with Gasteiger partial charge in [0.2, 0.25) is 17.7 Å². The molecule has 4 aliphatic rings. The molecule has 4 atom stereocenters. The maximum atomic E-state index is 12.4. The van der Waals surface area contributed by atoms with Crippen molar-refractivity contribution >= 4 is 17.7 Å². The second-order valence-electron chi connectivity index (χ2n) is 5.59. The van der Waals surface area contributed by atoms with Crippen molar-refractivity contribution in [2.24, 2.45) is 23.7 Å². The van der Waals surface area contributed by atoms with Crippen molar-refractivity contribution in [3.05, 3.63) is 12.2 Å². The monoisotopic (exact) mass is 262 g/mol. The molecule has 3 amide bonds. The van der Waals surface area contributed by atoms with E-state index in [1.807, 2.05) is 0 Å². The molecule has 19 heavy (non-hydrogen) atoms. The minimum Gasteiger partial charge on any atom is -0.359 e. The molecule has 0 aromatic heterocycles. The van der Waals surface area contributed by atoms with E-state index < -0.39 is 0 Å². The number of imide groups is 1. The summed E-state index contributed by atoms with van der Waals surface area (Å²) in [7, 11) is 1.56. The van der Waals surface area contributed by atoms with Crippen molar-refractivity contribution in [3.8, 4) is 0 Å². The maximum absolute atomic E-state index is 12.4. The highest BCUT2D eigenvalue weighted by Gasteiger charge is 2.56. The molecule has 2 fully saturated rings. The van der Waals surface area contributed by atoms with Crippen LogP contribution in [-0.4, -0.2) is 36.2 Å². The summed E-state index contributed by atoms with van der Waals surface area (Å²) in [5.74, 6) is -0.178. The highest BCUT2D eigenvalue weighted by molar-refractivity contribution is 6.06. The van der Waals surface area contributed by atoms with E-state index in [2.05, 4.69) is 17.5 Å². The quantitative estimate of drug-likeness (QED) is 0.588. The number of hydrogen-bond acceptors (Lipinski definition) is 3. The van der Waals surface area contributed by atoms with Gasteiger partial charge >= 0.3 is 0 Å². The first-order valence-electron chi connectivity index (χ1n) is 6.87. The molecular weight excluding hydrogens is 244 g/mol. The number of carbonyl (C=O) groups is 3. The first-order valence-corrected chi connectivity index (χ1v) is 6.87. The third-order valence-corrected chi connectivity index (χ3v) is 4.69. The molecule has 0 aromatic carbocycles. The summed E-state index contributed by atoms with van der Waals surface area (Å²) < 4.78 is 0. The highest BCUT2D eigenvalue weighted by atomic mass is 16.2. The van der Waals surface area contributed by atoms with Crippen LogP contribution in [0.1, 0.15) is 19.3 Å². The number of carbonyl (C=O) groups excluding carboxylic acids is 3. The lowest BCUT2D eigenvalue weighted by Crippen LogP contribution is -2.38. The summed E-state index contributed by atoms with van der Waals surface area (Å²) in [6.07, 6.45) is 6.40. The molecule has 1 N–H and O–H groups in total. The van der Waals surface area contributed by atoms with Gasteiger partial charge in [-0.05, 0) is 24.7 Å². The number of amides is 3. The molecule has 0 spiro atoms. The third-order valence-electron chi connectivity index (χ3n) is 4.69. The summed E-state index contributed by atoms with van der Waals surface area (Å²) in [5, 5.41) is 2.51. The Kier molecular flexibility index (Phi) is 2.92. The Morgan fingerprint density at radius 3 is 2.16 bits per heavy atom. The molecule has 1 heterocycles. The Hall–Kier alpha value is -1.65. The van der Waals surface area contributed by atoms with Crippen LogP contribution in [0.2, 0.25) is 0 Å². The smallest absolute Gasteiger partial charge is 0.233 e. The van der Waals surface area contributed by atoms with E-state index in [0.717, 1.165) is 12.8 Å². The van der Waals surface area contributed by atoms with Crippen molar-refractivity contribution in [2.45, 2.75) is 19.3 Å². The molecule has 102 valence electrons. The zero-order valence-corrected chi connectivity index (χ0v) is 11.0. The molecule has 1 saturated heterocycles. The Balaban J connectivity index is 1.77. The Morgan fingerprint density at radius 1 is 1.21 bits per heavy atom. The van der Waals surface area contributed by atoms with Crippen LogP contribution in [-0.2, 0) is 14.4 Å². The fourth-order valence-electron chi connectivity index (χ4n) is 3.69. The SMILES string of the molecule is CNC(=O)CCN1C(=O)[C@H]2[C@H](C1=O)[C@H]1C=C[C@H]2CC1. The minimum atomic E-state index is -0.166. The maximum Gasteiger partial charge on any atom is 0.233 e. The molecule has 4 rings (SSSR count). The molecule has 5 nitrogen and oxygen atoms in total. The first kappa shape index (κ1) is 12.4. The van der Waals surface area contributed by atoms with Gasteiger partial charge in [0.15, 0.2) is 0 Å². The van der Waals surface area contributed by atoms with Crippen molar-refractivity contribution in [2.75, 3.05) is 13.6 Å². The fourth-order valence-corrected chi connectivity index (χ4v) is 3.69. The van der Waals surface area contributed by atoms with E-state index in [0.29, 0.717) is 0 Å². The van der Waals surface area contributed by atoms with E-state index in [9.17, 15) is 14.4 Å². The number of nitrogens with zero attached hydrogens (tertiary/aromatic N) is 1. The van der Waals surface area contributed by atoms with Gasteiger partial charge in [0, 0.05) is 20.0 Å². The number of nitrogens with one attached hydrogen (secondary N) is 1. The normalized spacial score (nSPS) is 35.7. The first-order chi connectivity index (χ1) is 9.13. The number of hydrogen-bond donors (Lipinski definition) is 1.